The van der Waals surface area contributed by atoms with Crippen LogP contribution in [-0.4, -0.2) is 53.3 Å². The van der Waals surface area contributed by atoms with Crippen molar-refractivity contribution in [1.82, 2.24) is 4.90 Å². The number of aliphatic hydroxyl groups is 1. The molecule has 0 aliphatic carbocycles. The molecule has 0 bridgehead atoms. The van der Waals surface area contributed by atoms with Gasteiger partial charge in [0.05, 0.1) is 12.0 Å². The summed E-state index contributed by atoms with van der Waals surface area (Å²) in [4.78, 5) is 24.1. The van der Waals surface area contributed by atoms with Crippen molar-refractivity contribution in [1.29, 1.82) is 5.26 Å². The number of hydrogen-bond donors (Lipinski definition) is 2. The molecule has 0 saturated carbocycles. The predicted molar refractivity (Wildman–Crippen MR) is 110 cm³/mol. The van der Waals surface area contributed by atoms with Crippen molar-refractivity contribution < 1.29 is 38.5 Å². The number of fused-ring (bicyclic) bond motifs is 1. The SMILES string of the molecule is COc1cc(/C(O)=C(\C#N)C(=O)N(C)Cc2cc3c(cc2F)OCCO3)cc([N+](=O)[O-])c1O. The first kappa shape index (κ1) is 23.1. The number of nitriles is 1. The summed E-state index contributed by atoms with van der Waals surface area (Å²) in [6.45, 7) is 0.281. The maximum atomic E-state index is 14.4. The molecule has 1 heterocycles. The Morgan fingerprint density at radius 2 is 1.94 bits per heavy atom. The zero-order valence-corrected chi connectivity index (χ0v) is 17.5. The lowest BCUT2D eigenvalue weighted by Gasteiger charge is -2.22. The van der Waals surface area contributed by atoms with Crippen molar-refractivity contribution in [3.8, 4) is 29.1 Å². The second-order valence-electron chi connectivity index (χ2n) is 6.89. The number of likely N-dealkylation sites (N-methyl/N-ethyl adjacent to an activating group) is 1. The van der Waals surface area contributed by atoms with Crippen LogP contribution in [0.2, 0.25) is 0 Å². The topological polar surface area (TPSA) is 155 Å². The molecular weight excluding hydrogens is 441 g/mol. The van der Waals surface area contributed by atoms with E-state index in [0.717, 1.165) is 30.2 Å². The molecule has 172 valence electrons. The maximum absolute atomic E-state index is 14.4. The van der Waals surface area contributed by atoms with Crippen molar-refractivity contribution in [2.45, 2.75) is 6.54 Å². The number of phenolic OH excluding ortho intramolecular Hbond substituents is 1. The number of hydrogen-bond acceptors (Lipinski definition) is 9. The van der Waals surface area contributed by atoms with E-state index < -0.39 is 39.4 Å². The van der Waals surface area contributed by atoms with E-state index in [-0.39, 0.29) is 42.4 Å². The molecule has 0 saturated heterocycles. The van der Waals surface area contributed by atoms with E-state index in [0.29, 0.717) is 5.75 Å². The van der Waals surface area contributed by atoms with Crippen LogP contribution >= 0.6 is 0 Å². The highest BCUT2D eigenvalue weighted by molar-refractivity contribution is 6.03. The number of nitrogens with zero attached hydrogens (tertiary/aromatic N) is 3. The Labute approximate surface area is 186 Å². The first-order valence-corrected chi connectivity index (χ1v) is 9.40. The van der Waals surface area contributed by atoms with Gasteiger partial charge in [-0.15, -0.1) is 0 Å². The van der Waals surface area contributed by atoms with Crippen molar-refractivity contribution in [2.75, 3.05) is 27.4 Å². The molecule has 0 spiro atoms. The number of rotatable bonds is 6. The van der Waals surface area contributed by atoms with Crippen molar-refractivity contribution >= 4 is 17.4 Å². The average Bonchev–Trinajstić information content (AvgIpc) is 2.79. The maximum Gasteiger partial charge on any atom is 0.315 e. The largest absolute Gasteiger partial charge is 0.506 e. The molecule has 0 unspecified atom stereocenters. The molecule has 0 radical (unpaired) electrons. The van der Waals surface area contributed by atoms with Gasteiger partial charge in [-0.3, -0.25) is 14.9 Å². The van der Waals surface area contributed by atoms with Crippen molar-refractivity contribution in [3.63, 3.8) is 0 Å². The number of aliphatic hydroxyl groups excluding tert-OH is 1. The fraction of sp³-hybridized carbons (Fsp3) is 0.238. The third-order valence-corrected chi connectivity index (χ3v) is 4.77. The molecule has 1 amide bonds. The fourth-order valence-electron chi connectivity index (χ4n) is 3.12. The lowest BCUT2D eigenvalue weighted by molar-refractivity contribution is -0.386. The van der Waals surface area contributed by atoms with Gasteiger partial charge in [-0.05, 0) is 12.1 Å². The summed E-state index contributed by atoms with van der Waals surface area (Å²) in [5, 5.41) is 41.1. The van der Waals surface area contributed by atoms with Crippen LogP contribution in [0.1, 0.15) is 11.1 Å². The molecule has 1 aliphatic heterocycles. The van der Waals surface area contributed by atoms with E-state index in [1.54, 1.807) is 6.07 Å². The molecule has 1 aliphatic rings. The summed E-state index contributed by atoms with van der Waals surface area (Å²) >= 11 is 0. The molecule has 2 aromatic rings. The number of aromatic hydroxyl groups is 1. The van der Waals surface area contributed by atoms with Gasteiger partial charge in [0.1, 0.15) is 30.9 Å². The first-order chi connectivity index (χ1) is 15.7. The number of amides is 1. The smallest absolute Gasteiger partial charge is 0.315 e. The van der Waals surface area contributed by atoms with E-state index in [2.05, 4.69) is 0 Å². The van der Waals surface area contributed by atoms with Crippen LogP contribution in [0, 0.1) is 27.3 Å². The lowest BCUT2D eigenvalue weighted by Crippen LogP contribution is -2.28. The highest BCUT2D eigenvalue weighted by Crippen LogP contribution is 2.39. The quantitative estimate of drug-likeness (QED) is 0.218. The molecular formula is C21H18FN3O8. The number of halogens is 1. The van der Waals surface area contributed by atoms with Crippen LogP contribution in [0.3, 0.4) is 0 Å². The second-order valence-corrected chi connectivity index (χ2v) is 6.89. The summed E-state index contributed by atoms with van der Waals surface area (Å²) in [5.41, 5.74) is -1.78. The molecule has 2 N–H and O–H groups in total. The second kappa shape index (κ2) is 9.31. The first-order valence-electron chi connectivity index (χ1n) is 9.40. The Morgan fingerprint density at radius 3 is 2.52 bits per heavy atom. The molecule has 12 heteroatoms. The third-order valence-electron chi connectivity index (χ3n) is 4.77. The molecule has 33 heavy (non-hydrogen) atoms. The minimum absolute atomic E-state index is 0.0776. The molecule has 2 aromatic carbocycles. The van der Waals surface area contributed by atoms with Gasteiger partial charge in [-0.2, -0.15) is 5.26 Å². The highest BCUT2D eigenvalue weighted by Gasteiger charge is 2.26. The van der Waals surface area contributed by atoms with Gasteiger partial charge in [0.2, 0.25) is 5.75 Å². The van der Waals surface area contributed by atoms with Gasteiger partial charge >= 0.3 is 5.69 Å². The van der Waals surface area contributed by atoms with Gasteiger partial charge in [0.25, 0.3) is 5.91 Å². The number of carbonyl (C=O) groups excluding carboxylic acids is 1. The number of nitro groups is 1. The van der Waals surface area contributed by atoms with E-state index in [9.17, 15) is 34.8 Å². The summed E-state index contributed by atoms with van der Waals surface area (Å²) in [7, 11) is 2.42. The number of carbonyl (C=O) groups is 1. The van der Waals surface area contributed by atoms with Crippen molar-refractivity contribution in [2.24, 2.45) is 0 Å². The third kappa shape index (κ3) is 4.57. The summed E-state index contributed by atoms with van der Waals surface area (Å²) in [6, 6.07) is 5.88. The van der Waals surface area contributed by atoms with Crippen LogP contribution in [0.4, 0.5) is 10.1 Å². The van der Waals surface area contributed by atoms with E-state index in [1.807, 2.05) is 0 Å². The molecule has 3 rings (SSSR count). The normalized spacial score (nSPS) is 12.9. The van der Waals surface area contributed by atoms with Crippen LogP contribution in [0.25, 0.3) is 5.76 Å². The van der Waals surface area contributed by atoms with E-state index in [4.69, 9.17) is 14.2 Å². The molecule has 0 fully saturated rings. The molecule has 0 aromatic heterocycles. The fourth-order valence-corrected chi connectivity index (χ4v) is 3.12. The van der Waals surface area contributed by atoms with Gasteiger partial charge in [-0.25, -0.2) is 4.39 Å². The number of methoxy groups -OCH3 is 1. The van der Waals surface area contributed by atoms with Gasteiger partial charge in [0.15, 0.2) is 22.8 Å². The van der Waals surface area contributed by atoms with Crippen LogP contribution in [0.5, 0.6) is 23.0 Å². The minimum atomic E-state index is -0.973. The average molecular weight is 459 g/mol. The van der Waals surface area contributed by atoms with Gasteiger partial charge in [-0.1, -0.05) is 0 Å². The van der Waals surface area contributed by atoms with E-state index in [1.165, 1.54) is 13.1 Å². The van der Waals surface area contributed by atoms with Crippen LogP contribution in [0.15, 0.2) is 29.8 Å². The van der Waals surface area contributed by atoms with Gasteiger partial charge < -0.3 is 29.3 Å². The van der Waals surface area contributed by atoms with E-state index >= 15 is 0 Å². The Kier molecular flexibility index (Phi) is 6.53. The summed E-state index contributed by atoms with van der Waals surface area (Å²) in [5.74, 6) is -3.10. The zero-order chi connectivity index (χ0) is 24.3. The lowest BCUT2D eigenvalue weighted by atomic mass is 10.1. The molecule has 11 nitrogen and oxygen atoms in total. The number of benzene rings is 2. The van der Waals surface area contributed by atoms with Gasteiger partial charge in [0, 0.05) is 36.9 Å². The highest BCUT2D eigenvalue weighted by atomic mass is 19.1. The Morgan fingerprint density at radius 1 is 1.30 bits per heavy atom. The standard InChI is InChI=1S/C21H18FN3O8/c1-24(10-12-7-16-17(8-14(12)22)33-4-3-32-16)21(28)13(9-23)19(26)11-5-15(25(29)30)20(27)18(6-11)31-2/h5-8,26-27H,3-4,10H2,1-2H3/b19-13-. The Balaban J connectivity index is 1.94. The zero-order valence-electron chi connectivity index (χ0n) is 17.5. The molecule has 0 atom stereocenters. The number of nitro benzene ring substituents is 1. The Hall–Kier alpha value is -4.53. The summed E-state index contributed by atoms with van der Waals surface area (Å²) in [6.07, 6.45) is 0. The minimum Gasteiger partial charge on any atom is -0.506 e. The number of phenols is 1. The number of ether oxygens (including phenoxy) is 3. The Bertz CT molecular complexity index is 1200. The predicted octanol–water partition coefficient (Wildman–Crippen LogP) is 2.67. The monoisotopic (exact) mass is 459 g/mol. The van der Waals surface area contributed by atoms with Crippen molar-refractivity contribution in [3.05, 3.63) is 56.9 Å². The summed E-state index contributed by atoms with van der Waals surface area (Å²) < 4.78 is 30.0. The van der Waals surface area contributed by atoms with Crippen LogP contribution in [-0.2, 0) is 11.3 Å². The van der Waals surface area contributed by atoms with Crippen LogP contribution < -0.4 is 14.2 Å².